The van der Waals surface area contributed by atoms with Crippen LogP contribution in [0.4, 0.5) is 4.39 Å². The van der Waals surface area contributed by atoms with Gasteiger partial charge >= 0.3 is 0 Å². The summed E-state index contributed by atoms with van der Waals surface area (Å²) < 4.78 is 13.6. The first-order chi connectivity index (χ1) is 8.19. The number of aldehydes is 1. The van der Waals surface area contributed by atoms with Gasteiger partial charge in [-0.15, -0.1) is 0 Å². The van der Waals surface area contributed by atoms with Crippen LogP contribution >= 0.6 is 23.4 Å². The van der Waals surface area contributed by atoms with Crippen LogP contribution in [0.3, 0.4) is 0 Å². The Bertz CT molecular complexity index is 545. The Labute approximate surface area is 107 Å². The van der Waals surface area contributed by atoms with E-state index in [1.165, 1.54) is 24.0 Å². The lowest BCUT2D eigenvalue weighted by atomic mass is 10.2. The van der Waals surface area contributed by atoms with Crippen molar-refractivity contribution in [1.82, 2.24) is 4.98 Å². The maximum Gasteiger partial charge on any atom is 0.150 e. The van der Waals surface area contributed by atoms with Crippen molar-refractivity contribution >= 4 is 29.6 Å². The zero-order valence-corrected chi connectivity index (χ0v) is 10.1. The van der Waals surface area contributed by atoms with Crippen molar-refractivity contribution in [3.05, 3.63) is 52.9 Å². The number of rotatable bonds is 3. The molecule has 1 aromatic carbocycles. The van der Waals surface area contributed by atoms with Crippen molar-refractivity contribution in [2.24, 2.45) is 0 Å². The minimum Gasteiger partial charge on any atom is -0.298 e. The monoisotopic (exact) mass is 267 g/mol. The molecule has 0 bridgehead atoms. The fourth-order valence-electron chi connectivity index (χ4n) is 1.21. The van der Waals surface area contributed by atoms with E-state index in [1.54, 1.807) is 24.3 Å². The molecule has 2 rings (SSSR count). The summed E-state index contributed by atoms with van der Waals surface area (Å²) >= 11 is 6.88. The van der Waals surface area contributed by atoms with Crippen LogP contribution in [0.25, 0.3) is 0 Å². The summed E-state index contributed by atoms with van der Waals surface area (Å²) in [5.41, 5.74) is 0.316. The number of halogens is 2. The Balaban J connectivity index is 2.24. The molecule has 0 spiro atoms. The van der Waals surface area contributed by atoms with E-state index < -0.39 is 5.82 Å². The van der Waals surface area contributed by atoms with Crippen molar-refractivity contribution in [2.45, 2.75) is 9.92 Å². The zero-order chi connectivity index (χ0) is 12.3. The summed E-state index contributed by atoms with van der Waals surface area (Å²) in [6.07, 6.45) is 2.11. The lowest BCUT2D eigenvalue weighted by molar-refractivity contribution is 0.112. The van der Waals surface area contributed by atoms with Gasteiger partial charge in [-0.3, -0.25) is 4.79 Å². The fraction of sp³-hybridized carbons (Fsp3) is 0. The lowest BCUT2D eigenvalue weighted by Crippen LogP contribution is -1.87. The molecule has 0 aliphatic carbocycles. The van der Waals surface area contributed by atoms with Gasteiger partial charge in [-0.05, 0) is 24.3 Å². The minimum absolute atomic E-state index is 0.316. The molecule has 0 amide bonds. The first kappa shape index (κ1) is 12.1. The topological polar surface area (TPSA) is 30.0 Å². The quantitative estimate of drug-likeness (QED) is 0.792. The van der Waals surface area contributed by atoms with E-state index in [1.807, 2.05) is 0 Å². The lowest BCUT2D eigenvalue weighted by Gasteiger charge is -2.02. The van der Waals surface area contributed by atoms with E-state index in [-0.39, 0.29) is 0 Å². The van der Waals surface area contributed by atoms with Gasteiger partial charge in [0.15, 0.2) is 0 Å². The molecule has 0 unspecified atom stereocenters. The number of hydrogen-bond donors (Lipinski definition) is 0. The molecule has 0 aliphatic rings. The average molecular weight is 268 g/mol. The zero-order valence-electron chi connectivity index (χ0n) is 8.56. The number of aromatic nitrogens is 1. The molecule has 2 nitrogen and oxygen atoms in total. The summed E-state index contributed by atoms with van der Waals surface area (Å²) in [6.45, 7) is 0. The predicted molar refractivity (Wildman–Crippen MR) is 65.2 cm³/mol. The number of hydrogen-bond acceptors (Lipinski definition) is 3. The third kappa shape index (κ3) is 3.05. The van der Waals surface area contributed by atoms with E-state index in [2.05, 4.69) is 4.98 Å². The van der Waals surface area contributed by atoms with Gasteiger partial charge < -0.3 is 0 Å². The Morgan fingerprint density at radius 3 is 2.71 bits per heavy atom. The molecule has 17 heavy (non-hydrogen) atoms. The molecule has 5 heteroatoms. The van der Waals surface area contributed by atoms with Gasteiger partial charge in [-0.2, -0.15) is 0 Å². The molecular weight excluding hydrogens is 261 g/mol. The maximum absolute atomic E-state index is 13.6. The molecule has 0 radical (unpaired) electrons. The fourth-order valence-corrected chi connectivity index (χ4v) is 2.08. The van der Waals surface area contributed by atoms with E-state index in [0.29, 0.717) is 26.8 Å². The highest BCUT2D eigenvalue weighted by Gasteiger charge is 2.06. The summed E-state index contributed by atoms with van der Waals surface area (Å²) in [6, 6.07) is 7.72. The first-order valence-corrected chi connectivity index (χ1v) is 5.92. The van der Waals surface area contributed by atoms with Crippen LogP contribution in [0.5, 0.6) is 0 Å². The molecule has 0 atom stereocenters. The Hall–Kier alpha value is -1.39. The van der Waals surface area contributed by atoms with Gasteiger partial charge in [0.2, 0.25) is 0 Å². The molecule has 0 N–H and O–H groups in total. The van der Waals surface area contributed by atoms with Crippen molar-refractivity contribution in [2.75, 3.05) is 0 Å². The SMILES string of the molecule is O=Cc1ccc(Sc2ccc(Cl)cn2)c(F)c1. The van der Waals surface area contributed by atoms with Gasteiger partial charge in [0.05, 0.1) is 5.02 Å². The van der Waals surface area contributed by atoms with Crippen LogP contribution in [0.2, 0.25) is 5.02 Å². The standard InChI is InChI=1S/C12H7ClFNOS/c13-9-2-4-12(15-6-9)17-11-3-1-8(7-16)5-10(11)14/h1-7H. The molecule has 1 heterocycles. The minimum atomic E-state index is -0.434. The Morgan fingerprint density at radius 1 is 1.29 bits per heavy atom. The van der Waals surface area contributed by atoms with Gasteiger partial charge in [0.1, 0.15) is 17.1 Å². The molecule has 0 saturated heterocycles. The largest absolute Gasteiger partial charge is 0.298 e. The van der Waals surface area contributed by atoms with Crippen molar-refractivity contribution in [3.8, 4) is 0 Å². The second-order valence-electron chi connectivity index (χ2n) is 3.22. The van der Waals surface area contributed by atoms with Gasteiger partial charge in [-0.1, -0.05) is 29.4 Å². The number of nitrogens with zero attached hydrogens (tertiary/aromatic N) is 1. The van der Waals surface area contributed by atoms with Crippen molar-refractivity contribution in [1.29, 1.82) is 0 Å². The van der Waals surface area contributed by atoms with Gasteiger partial charge in [0.25, 0.3) is 0 Å². The van der Waals surface area contributed by atoms with E-state index >= 15 is 0 Å². The third-order valence-electron chi connectivity index (χ3n) is 2.01. The molecule has 0 aliphatic heterocycles. The number of carbonyl (C=O) groups excluding carboxylic acids is 1. The third-order valence-corrected chi connectivity index (χ3v) is 3.23. The van der Waals surface area contributed by atoms with Crippen LogP contribution < -0.4 is 0 Å². The van der Waals surface area contributed by atoms with Crippen LogP contribution in [0.15, 0.2) is 46.5 Å². The summed E-state index contributed by atoms with van der Waals surface area (Å²) in [5.74, 6) is -0.434. The molecular formula is C12H7ClFNOS. The average Bonchev–Trinajstić information content (AvgIpc) is 2.34. The first-order valence-electron chi connectivity index (χ1n) is 4.73. The summed E-state index contributed by atoms with van der Waals surface area (Å²) in [4.78, 5) is 14.9. The number of benzene rings is 1. The highest BCUT2D eigenvalue weighted by atomic mass is 35.5. The Morgan fingerprint density at radius 2 is 2.12 bits per heavy atom. The van der Waals surface area contributed by atoms with Gasteiger partial charge in [0, 0.05) is 16.7 Å². The molecule has 1 aromatic heterocycles. The van der Waals surface area contributed by atoms with Crippen molar-refractivity contribution < 1.29 is 9.18 Å². The second kappa shape index (κ2) is 5.29. The number of carbonyl (C=O) groups is 1. The van der Waals surface area contributed by atoms with Crippen LogP contribution in [0, 0.1) is 5.82 Å². The predicted octanol–water partition coefficient (Wildman–Crippen LogP) is 3.84. The van der Waals surface area contributed by atoms with E-state index in [0.717, 1.165) is 0 Å². The van der Waals surface area contributed by atoms with E-state index in [9.17, 15) is 9.18 Å². The highest BCUT2D eigenvalue weighted by Crippen LogP contribution is 2.29. The summed E-state index contributed by atoms with van der Waals surface area (Å²) in [5, 5.41) is 1.18. The number of pyridine rings is 1. The van der Waals surface area contributed by atoms with Crippen molar-refractivity contribution in [3.63, 3.8) is 0 Å². The molecule has 0 saturated carbocycles. The molecule has 2 aromatic rings. The molecule has 86 valence electrons. The smallest absolute Gasteiger partial charge is 0.150 e. The maximum atomic E-state index is 13.6. The highest BCUT2D eigenvalue weighted by molar-refractivity contribution is 7.99. The van der Waals surface area contributed by atoms with Crippen LogP contribution in [-0.2, 0) is 0 Å². The second-order valence-corrected chi connectivity index (χ2v) is 4.72. The molecule has 0 fully saturated rings. The van der Waals surface area contributed by atoms with E-state index in [4.69, 9.17) is 11.6 Å². The van der Waals surface area contributed by atoms with Crippen LogP contribution in [-0.4, -0.2) is 11.3 Å². The summed E-state index contributed by atoms with van der Waals surface area (Å²) in [7, 11) is 0. The Kier molecular flexibility index (Phi) is 3.76. The van der Waals surface area contributed by atoms with Gasteiger partial charge in [-0.25, -0.2) is 9.37 Å². The van der Waals surface area contributed by atoms with Crippen LogP contribution in [0.1, 0.15) is 10.4 Å². The normalized spacial score (nSPS) is 10.2.